The first-order valence-corrected chi connectivity index (χ1v) is 8.87. The van der Waals surface area contributed by atoms with Crippen molar-refractivity contribution in [1.29, 1.82) is 0 Å². The Kier molecular flexibility index (Phi) is 4.89. The van der Waals surface area contributed by atoms with Crippen LogP contribution in [0.4, 0.5) is 0 Å². The zero-order valence-corrected chi connectivity index (χ0v) is 15.4. The number of para-hydroxylation sites is 2. The first-order chi connectivity index (χ1) is 13.7. The number of hydrogen-bond acceptors (Lipinski definition) is 4. The molecule has 138 valence electrons. The lowest BCUT2D eigenvalue weighted by Crippen LogP contribution is -1.99. The van der Waals surface area contributed by atoms with Crippen molar-refractivity contribution in [2.24, 2.45) is 0 Å². The predicted octanol–water partition coefficient (Wildman–Crippen LogP) is 4.82. The Morgan fingerprint density at radius 3 is 2.29 bits per heavy atom. The van der Waals surface area contributed by atoms with E-state index >= 15 is 0 Å². The van der Waals surface area contributed by atoms with Crippen LogP contribution in [0.2, 0.25) is 0 Å². The number of phenolic OH excluding ortho intramolecular Hbond substituents is 1. The molecule has 1 N–H and O–H groups in total. The van der Waals surface area contributed by atoms with Crippen molar-refractivity contribution in [1.82, 2.24) is 14.8 Å². The summed E-state index contributed by atoms with van der Waals surface area (Å²) in [4.78, 5) is 4.65. The van der Waals surface area contributed by atoms with Gasteiger partial charge in [-0.25, -0.2) is 9.67 Å². The van der Waals surface area contributed by atoms with E-state index in [1.54, 1.807) is 23.9 Å². The zero-order chi connectivity index (χ0) is 19.3. The number of aromatic hydroxyl groups is 1. The van der Waals surface area contributed by atoms with Gasteiger partial charge in [0.15, 0.2) is 11.6 Å². The molecule has 4 aromatic rings. The van der Waals surface area contributed by atoms with Gasteiger partial charge in [0.1, 0.15) is 11.5 Å². The average molecular weight is 369 g/mol. The standard InChI is InChI=1S/C23H19N3O2/c1-28-19-14-11-17(12-15-19)13-16-22-24-23(20-9-5-6-10-21(20)27)26(25-22)18-7-3-2-4-8-18/h2-16,27H,1H3/b16-13-. The van der Waals surface area contributed by atoms with Crippen LogP contribution in [0.3, 0.4) is 0 Å². The van der Waals surface area contributed by atoms with E-state index in [1.165, 1.54) is 0 Å². The van der Waals surface area contributed by atoms with Crippen LogP contribution >= 0.6 is 0 Å². The Labute approximate surface area is 163 Å². The molecular weight excluding hydrogens is 350 g/mol. The molecule has 0 atom stereocenters. The third-order valence-electron chi connectivity index (χ3n) is 4.31. The maximum atomic E-state index is 10.3. The summed E-state index contributed by atoms with van der Waals surface area (Å²) in [5.41, 5.74) is 2.52. The van der Waals surface area contributed by atoms with Gasteiger partial charge in [-0.05, 0) is 48.0 Å². The minimum Gasteiger partial charge on any atom is -0.507 e. The lowest BCUT2D eigenvalue weighted by Gasteiger charge is -2.06. The normalized spacial score (nSPS) is 11.0. The fourth-order valence-electron chi connectivity index (χ4n) is 2.87. The fraction of sp³-hybridized carbons (Fsp3) is 0.0435. The molecule has 0 fully saturated rings. The van der Waals surface area contributed by atoms with Crippen LogP contribution in [-0.2, 0) is 0 Å². The van der Waals surface area contributed by atoms with E-state index in [4.69, 9.17) is 4.74 Å². The summed E-state index contributed by atoms with van der Waals surface area (Å²) >= 11 is 0. The second-order valence-electron chi connectivity index (χ2n) is 6.16. The van der Waals surface area contributed by atoms with Gasteiger partial charge in [-0.15, -0.1) is 5.10 Å². The van der Waals surface area contributed by atoms with Crippen LogP contribution < -0.4 is 4.74 Å². The molecule has 3 aromatic carbocycles. The van der Waals surface area contributed by atoms with Crippen molar-refractivity contribution in [3.05, 3.63) is 90.3 Å². The summed E-state index contributed by atoms with van der Waals surface area (Å²) in [6.07, 6.45) is 3.80. The molecule has 28 heavy (non-hydrogen) atoms. The average Bonchev–Trinajstić information content (AvgIpc) is 3.18. The van der Waals surface area contributed by atoms with Gasteiger partial charge in [0.05, 0.1) is 18.4 Å². The summed E-state index contributed by atoms with van der Waals surface area (Å²) in [5.74, 6) is 2.11. The van der Waals surface area contributed by atoms with E-state index in [2.05, 4.69) is 10.1 Å². The molecule has 0 aliphatic rings. The monoisotopic (exact) mass is 369 g/mol. The number of aromatic nitrogens is 3. The van der Waals surface area contributed by atoms with Crippen LogP contribution in [0.1, 0.15) is 11.4 Å². The molecular formula is C23H19N3O2. The van der Waals surface area contributed by atoms with Gasteiger partial charge in [0, 0.05) is 0 Å². The molecule has 0 saturated heterocycles. The summed E-state index contributed by atoms with van der Waals surface area (Å²) in [7, 11) is 1.64. The van der Waals surface area contributed by atoms with Crippen molar-refractivity contribution < 1.29 is 9.84 Å². The molecule has 0 aliphatic heterocycles. The third-order valence-corrected chi connectivity index (χ3v) is 4.31. The van der Waals surface area contributed by atoms with E-state index in [9.17, 15) is 5.11 Å². The molecule has 0 unspecified atom stereocenters. The molecule has 1 aromatic heterocycles. The zero-order valence-electron chi connectivity index (χ0n) is 15.4. The molecule has 0 saturated carbocycles. The van der Waals surface area contributed by atoms with E-state index in [0.29, 0.717) is 17.2 Å². The van der Waals surface area contributed by atoms with Crippen LogP contribution in [0, 0.1) is 0 Å². The number of hydrogen-bond donors (Lipinski definition) is 1. The van der Waals surface area contributed by atoms with Crippen LogP contribution in [0.15, 0.2) is 78.9 Å². The van der Waals surface area contributed by atoms with E-state index in [-0.39, 0.29) is 5.75 Å². The van der Waals surface area contributed by atoms with Gasteiger partial charge >= 0.3 is 0 Å². The molecule has 4 rings (SSSR count). The molecule has 0 bridgehead atoms. The highest BCUT2D eigenvalue weighted by atomic mass is 16.5. The summed E-state index contributed by atoms with van der Waals surface area (Å²) < 4.78 is 6.92. The van der Waals surface area contributed by atoms with Gasteiger partial charge in [-0.1, -0.05) is 48.5 Å². The Morgan fingerprint density at radius 2 is 1.57 bits per heavy atom. The molecule has 0 aliphatic carbocycles. The van der Waals surface area contributed by atoms with Crippen LogP contribution in [0.5, 0.6) is 11.5 Å². The highest BCUT2D eigenvalue weighted by Gasteiger charge is 2.15. The predicted molar refractivity (Wildman–Crippen MR) is 110 cm³/mol. The Bertz CT molecular complexity index is 1100. The van der Waals surface area contributed by atoms with Crippen molar-refractivity contribution in [3.8, 4) is 28.6 Å². The van der Waals surface area contributed by atoms with Gasteiger partial charge in [0.25, 0.3) is 0 Å². The molecule has 0 spiro atoms. The number of nitrogens with zero attached hydrogens (tertiary/aromatic N) is 3. The first-order valence-electron chi connectivity index (χ1n) is 8.87. The van der Waals surface area contributed by atoms with E-state index < -0.39 is 0 Å². The van der Waals surface area contributed by atoms with Gasteiger partial charge in [-0.2, -0.15) is 0 Å². The van der Waals surface area contributed by atoms with Crippen molar-refractivity contribution >= 4 is 12.2 Å². The quantitative estimate of drug-likeness (QED) is 0.548. The Hall–Kier alpha value is -3.86. The van der Waals surface area contributed by atoms with Gasteiger partial charge in [-0.3, -0.25) is 0 Å². The number of phenols is 1. The fourth-order valence-corrected chi connectivity index (χ4v) is 2.87. The third kappa shape index (κ3) is 3.64. The smallest absolute Gasteiger partial charge is 0.175 e. The van der Waals surface area contributed by atoms with Gasteiger partial charge < -0.3 is 9.84 Å². The highest BCUT2D eigenvalue weighted by molar-refractivity contribution is 5.70. The number of methoxy groups -OCH3 is 1. The minimum absolute atomic E-state index is 0.165. The van der Waals surface area contributed by atoms with Crippen molar-refractivity contribution in [2.75, 3.05) is 7.11 Å². The lowest BCUT2D eigenvalue weighted by atomic mass is 10.2. The summed E-state index contributed by atoms with van der Waals surface area (Å²) in [6.45, 7) is 0. The number of rotatable bonds is 5. The Morgan fingerprint density at radius 1 is 0.857 bits per heavy atom. The SMILES string of the molecule is COc1ccc(/C=C\c2nc(-c3ccccc3O)n(-c3ccccc3)n2)cc1. The highest BCUT2D eigenvalue weighted by Crippen LogP contribution is 2.29. The van der Waals surface area contributed by atoms with Crippen molar-refractivity contribution in [3.63, 3.8) is 0 Å². The second-order valence-corrected chi connectivity index (χ2v) is 6.16. The molecule has 1 heterocycles. The van der Waals surface area contributed by atoms with Crippen LogP contribution in [0.25, 0.3) is 29.2 Å². The first kappa shape index (κ1) is 17.5. The number of ether oxygens (including phenoxy) is 1. The molecule has 5 nitrogen and oxygen atoms in total. The largest absolute Gasteiger partial charge is 0.507 e. The lowest BCUT2D eigenvalue weighted by molar-refractivity contribution is 0.415. The van der Waals surface area contributed by atoms with Gasteiger partial charge in [0.2, 0.25) is 0 Å². The maximum absolute atomic E-state index is 10.3. The van der Waals surface area contributed by atoms with Crippen LogP contribution in [-0.4, -0.2) is 27.0 Å². The topological polar surface area (TPSA) is 60.2 Å². The minimum atomic E-state index is 0.165. The second kappa shape index (κ2) is 7.80. The summed E-state index contributed by atoms with van der Waals surface area (Å²) in [6, 6.07) is 24.6. The Balaban J connectivity index is 1.75. The van der Waals surface area contributed by atoms with E-state index in [1.807, 2.05) is 78.9 Å². The van der Waals surface area contributed by atoms with E-state index in [0.717, 1.165) is 17.0 Å². The molecule has 0 amide bonds. The number of benzene rings is 3. The molecule has 0 radical (unpaired) electrons. The summed E-state index contributed by atoms with van der Waals surface area (Å²) in [5, 5.41) is 14.9. The molecule has 5 heteroatoms. The van der Waals surface area contributed by atoms with Crippen molar-refractivity contribution in [2.45, 2.75) is 0 Å². The maximum Gasteiger partial charge on any atom is 0.175 e.